The summed E-state index contributed by atoms with van der Waals surface area (Å²) in [7, 11) is 0. The van der Waals surface area contributed by atoms with Crippen LogP contribution < -0.4 is 16.6 Å². The van der Waals surface area contributed by atoms with E-state index in [0.717, 1.165) is 23.4 Å². The van der Waals surface area contributed by atoms with Crippen LogP contribution in [-0.4, -0.2) is 11.7 Å². The summed E-state index contributed by atoms with van der Waals surface area (Å²) in [5.74, 6) is 0.309. The number of ether oxygens (including phenoxy) is 1. The van der Waals surface area contributed by atoms with Crippen LogP contribution in [0.2, 0.25) is 0 Å². The lowest BCUT2D eigenvalue weighted by Gasteiger charge is -2.21. The highest BCUT2D eigenvalue weighted by Gasteiger charge is 2.17. The number of nitrogen functional groups attached to an aromatic ring is 1. The van der Waals surface area contributed by atoms with Crippen LogP contribution in [0.1, 0.15) is 56.7 Å². The second-order valence-electron chi connectivity index (χ2n) is 7.45. The summed E-state index contributed by atoms with van der Waals surface area (Å²) in [5, 5.41) is 0. The summed E-state index contributed by atoms with van der Waals surface area (Å²) in [6.07, 6.45) is 0.487. The molecule has 0 saturated carbocycles. The van der Waals surface area contributed by atoms with Crippen molar-refractivity contribution in [2.75, 3.05) is 11.2 Å². The number of anilines is 2. The van der Waals surface area contributed by atoms with Gasteiger partial charge in [0.2, 0.25) is 0 Å². The number of carbonyl (C=O) groups excluding carboxylic acids is 1. The number of hydrazine groups is 1. The van der Waals surface area contributed by atoms with Gasteiger partial charge in [-0.3, -0.25) is 5.43 Å². The first-order valence-electron chi connectivity index (χ1n) is 8.90. The van der Waals surface area contributed by atoms with Crippen molar-refractivity contribution >= 4 is 17.5 Å². The Morgan fingerprint density at radius 3 is 2.35 bits per heavy atom. The van der Waals surface area contributed by atoms with E-state index in [-0.39, 0.29) is 0 Å². The Hall–Kier alpha value is -2.69. The van der Waals surface area contributed by atoms with E-state index in [1.807, 2.05) is 45.0 Å². The molecule has 0 heterocycles. The zero-order valence-electron chi connectivity index (χ0n) is 16.2. The van der Waals surface area contributed by atoms with Gasteiger partial charge in [0.15, 0.2) is 0 Å². The summed E-state index contributed by atoms with van der Waals surface area (Å²) in [4.78, 5) is 11.7. The van der Waals surface area contributed by atoms with Crippen LogP contribution in [0.5, 0.6) is 0 Å². The summed E-state index contributed by atoms with van der Waals surface area (Å²) in [6.45, 7) is 9.74. The molecule has 0 aromatic heterocycles. The quantitative estimate of drug-likeness (QED) is 0.523. The molecule has 0 spiro atoms. The minimum Gasteiger partial charge on any atom is -0.443 e. The summed E-state index contributed by atoms with van der Waals surface area (Å²) in [6, 6.07) is 14.1. The highest BCUT2D eigenvalue weighted by Crippen LogP contribution is 2.31. The lowest BCUT2D eigenvalue weighted by molar-refractivity contribution is 0.0541. The van der Waals surface area contributed by atoms with E-state index in [4.69, 9.17) is 10.5 Å². The first kappa shape index (κ1) is 19.6. The molecule has 0 saturated heterocycles. The number of rotatable bonds is 5. The maximum Gasteiger partial charge on any atom is 0.426 e. The number of benzene rings is 2. The first-order chi connectivity index (χ1) is 12.2. The van der Waals surface area contributed by atoms with Crippen molar-refractivity contribution in [3.8, 4) is 0 Å². The molecule has 0 fully saturated rings. The largest absolute Gasteiger partial charge is 0.443 e. The fraction of sp³-hybridized carbons (Fsp3) is 0.381. The third kappa shape index (κ3) is 5.41. The monoisotopic (exact) mass is 355 g/mol. The van der Waals surface area contributed by atoms with E-state index in [1.54, 1.807) is 0 Å². The number of carbonyl (C=O) groups is 1. The van der Waals surface area contributed by atoms with Gasteiger partial charge in [-0.1, -0.05) is 25.1 Å². The molecule has 26 heavy (non-hydrogen) atoms. The Bertz CT molecular complexity index is 749. The molecule has 5 heteroatoms. The zero-order valence-corrected chi connectivity index (χ0v) is 16.2. The number of nitrogens with two attached hydrogens (primary N) is 1. The second kappa shape index (κ2) is 8.13. The molecule has 2 aromatic rings. The van der Waals surface area contributed by atoms with Gasteiger partial charge in [-0.15, -0.1) is 0 Å². The summed E-state index contributed by atoms with van der Waals surface area (Å²) in [5.41, 5.74) is 16.0. The van der Waals surface area contributed by atoms with E-state index in [0.29, 0.717) is 5.92 Å². The smallest absolute Gasteiger partial charge is 0.426 e. The minimum atomic E-state index is -0.529. The Kier molecular flexibility index (Phi) is 6.14. The first-order valence-corrected chi connectivity index (χ1v) is 8.90. The standard InChI is InChI=1S/C21H29N3O2/c1-6-18(15-7-9-16(22)10-8-15)19-12-11-17(13-14(19)2)23-24-20(25)26-21(3,4)5/h7-13,18,23H,6,22H2,1-5H3,(H,24,25). The highest BCUT2D eigenvalue weighted by molar-refractivity contribution is 5.70. The Balaban J connectivity index is 2.10. The van der Waals surface area contributed by atoms with E-state index in [2.05, 4.69) is 42.9 Å². The normalized spacial score (nSPS) is 12.3. The van der Waals surface area contributed by atoms with Crippen molar-refractivity contribution in [2.45, 2.75) is 52.6 Å². The van der Waals surface area contributed by atoms with Crippen LogP contribution >= 0.6 is 0 Å². The van der Waals surface area contributed by atoms with Crippen molar-refractivity contribution in [3.05, 3.63) is 59.2 Å². The van der Waals surface area contributed by atoms with Crippen LogP contribution in [0.25, 0.3) is 0 Å². The molecule has 2 aromatic carbocycles. The van der Waals surface area contributed by atoms with Gasteiger partial charge in [0, 0.05) is 11.6 Å². The maximum atomic E-state index is 11.7. The molecule has 5 nitrogen and oxygen atoms in total. The molecular weight excluding hydrogens is 326 g/mol. The number of hydrogen-bond acceptors (Lipinski definition) is 4. The molecular formula is C21H29N3O2. The third-order valence-electron chi connectivity index (χ3n) is 4.10. The Labute approximate surface area is 155 Å². The van der Waals surface area contributed by atoms with Crippen molar-refractivity contribution < 1.29 is 9.53 Å². The van der Waals surface area contributed by atoms with Gasteiger partial charge in [0.05, 0.1) is 5.69 Å². The van der Waals surface area contributed by atoms with Crippen LogP contribution in [-0.2, 0) is 4.74 Å². The maximum absolute atomic E-state index is 11.7. The number of aryl methyl sites for hydroxylation is 1. The van der Waals surface area contributed by atoms with Gasteiger partial charge in [-0.25, -0.2) is 10.2 Å². The molecule has 140 valence electrons. The summed E-state index contributed by atoms with van der Waals surface area (Å²) >= 11 is 0. The van der Waals surface area contributed by atoms with Gasteiger partial charge < -0.3 is 10.5 Å². The molecule has 0 radical (unpaired) electrons. The Morgan fingerprint density at radius 2 is 1.81 bits per heavy atom. The number of amides is 1. The molecule has 0 aliphatic heterocycles. The van der Waals surface area contributed by atoms with Crippen LogP contribution in [0.15, 0.2) is 42.5 Å². The average Bonchev–Trinajstić information content (AvgIpc) is 2.55. The topological polar surface area (TPSA) is 76.4 Å². The van der Waals surface area contributed by atoms with E-state index < -0.39 is 11.7 Å². The number of nitrogens with one attached hydrogen (secondary N) is 2. The molecule has 1 atom stereocenters. The average molecular weight is 355 g/mol. The second-order valence-corrected chi connectivity index (χ2v) is 7.45. The van der Waals surface area contributed by atoms with E-state index in [1.165, 1.54) is 11.1 Å². The fourth-order valence-electron chi connectivity index (χ4n) is 2.93. The molecule has 4 N–H and O–H groups in total. The van der Waals surface area contributed by atoms with Crippen LogP contribution in [0.3, 0.4) is 0 Å². The lowest BCUT2D eigenvalue weighted by Crippen LogP contribution is -2.35. The van der Waals surface area contributed by atoms with Crippen LogP contribution in [0, 0.1) is 6.92 Å². The number of hydrogen-bond donors (Lipinski definition) is 3. The SMILES string of the molecule is CCC(c1ccc(N)cc1)c1ccc(NNC(=O)OC(C)(C)C)cc1C. The zero-order chi connectivity index (χ0) is 19.3. The van der Waals surface area contributed by atoms with Gasteiger partial charge >= 0.3 is 6.09 Å². The van der Waals surface area contributed by atoms with E-state index >= 15 is 0 Å². The van der Waals surface area contributed by atoms with Crippen molar-refractivity contribution in [1.82, 2.24) is 5.43 Å². The van der Waals surface area contributed by atoms with Gasteiger partial charge in [-0.2, -0.15) is 0 Å². The predicted molar refractivity (Wildman–Crippen MR) is 107 cm³/mol. The minimum absolute atomic E-state index is 0.309. The van der Waals surface area contributed by atoms with Gasteiger partial charge in [0.25, 0.3) is 0 Å². The molecule has 2 rings (SSSR count). The van der Waals surface area contributed by atoms with Gasteiger partial charge in [-0.05, 0) is 75.1 Å². The van der Waals surface area contributed by atoms with Crippen molar-refractivity contribution in [3.63, 3.8) is 0 Å². The molecule has 0 aliphatic rings. The van der Waals surface area contributed by atoms with Crippen LogP contribution in [0.4, 0.5) is 16.2 Å². The fourth-order valence-corrected chi connectivity index (χ4v) is 2.93. The predicted octanol–water partition coefficient (Wildman–Crippen LogP) is 4.97. The molecule has 0 aliphatic carbocycles. The molecule has 1 unspecified atom stereocenters. The highest BCUT2D eigenvalue weighted by atomic mass is 16.6. The lowest BCUT2D eigenvalue weighted by atomic mass is 9.86. The molecule has 1 amide bonds. The van der Waals surface area contributed by atoms with Gasteiger partial charge in [0.1, 0.15) is 5.60 Å². The summed E-state index contributed by atoms with van der Waals surface area (Å²) < 4.78 is 5.21. The van der Waals surface area contributed by atoms with E-state index in [9.17, 15) is 4.79 Å². The molecule has 0 bridgehead atoms. The Morgan fingerprint density at radius 1 is 1.15 bits per heavy atom. The van der Waals surface area contributed by atoms with Crippen molar-refractivity contribution in [2.24, 2.45) is 0 Å². The van der Waals surface area contributed by atoms with Crippen molar-refractivity contribution in [1.29, 1.82) is 0 Å². The third-order valence-corrected chi connectivity index (χ3v) is 4.10.